The molecule has 2 amide bonds. The van der Waals surface area contributed by atoms with Crippen LogP contribution in [0.1, 0.15) is 64.2 Å². The Bertz CT molecular complexity index is 936. The maximum atomic E-state index is 12.7. The first-order chi connectivity index (χ1) is 15.3. The van der Waals surface area contributed by atoms with E-state index in [0.717, 1.165) is 41.6 Å². The van der Waals surface area contributed by atoms with Crippen LogP contribution >= 0.6 is 0 Å². The van der Waals surface area contributed by atoms with Gasteiger partial charge in [0.2, 0.25) is 0 Å². The molecule has 0 aromatic heterocycles. The minimum atomic E-state index is -0.243. The molecule has 0 saturated heterocycles. The van der Waals surface area contributed by atoms with Gasteiger partial charge < -0.3 is 10.6 Å². The fourth-order valence-corrected chi connectivity index (χ4v) is 3.51. The largest absolute Gasteiger partial charge is 0.332 e. The lowest BCUT2D eigenvalue weighted by Crippen LogP contribution is -2.34. The van der Waals surface area contributed by atoms with E-state index in [0.29, 0.717) is 0 Å². The Morgan fingerprint density at radius 2 is 1.53 bits per heavy atom. The topological polar surface area (TPSA) is 58.2 Å². The highest BCUT2D eigenvalue weighted by atomic mass is 16.2. The summed E-state index contributed by atoms with van der Waals surface area (Å²) in [7, 11) is 0. The molecule has 0 heterocycles. The number of urea groups is 1. The summed E-state index contributed by atoms with van der Waals surface area (Å²) in [6.07, 6.45) is 8.72. The average Bonchev–Trinajstić information content (AvgIpc) is 2.77. The fourth-order valence-electron chi connectivity index (χ4n) is 3.51. The molecule has 170 valence electrons. The maximum absolute atomic E-state index is 12.7. The molecular formula is C28H36N2O2. The summed E-state index contributed by atoms with van der Waals surface area (Å²) >= 11 is 0. The number of benzene rings is 2. The van der Waals surface area contributed by atoms with Crippen LogP contribution in [-0.2, 0) is 0 Å². The summed E-state index contributed by atoms with van der Waals surface area (Å²) in [4.78, 5) is 24.9. The fraction of sp³-hybridized carbons (Fsp3) is 0.357. The third kappa shape index (κ3) is 7.84. The second-order valence-corrected chi connectivity index (χ2v) is 8.43. The minimum Gasteiger partial charge on any atom is -0.332 e. The number of rotatable bonds is 10. The van der Waals surface area contributed by atoms with E-state index in [2.05, 4.69) is 24.5 Å². The second kappa shape index (κ2) is 12.7. The van der Waals surface area contributed by atoms with Crippen LogP contribution in [0.4, 0.5) is 10.5 Å². The third-order valence-electron chi connectivity index (χ3n) is 5.33. The van der Waals surface area contributed by atoms with Crippen LogP contribution < -0.4 is 10.6 Å². The number of carbonyl (C=O) groups excluding carboxylic acids is 2. The summed E-state index contributed by atoms with van der Waals surface area (Å²) in [6, 6.07) is 15.2. The molecule has 2 aromatic carbocycles. The van der Waals surface area contributed by atoms with E-state index < -0.39 is 0 Å². The van der Waals surface area contributed by atoms with Gasteiger partial charge in [-0.3, -0.25) is 4.79 Å². The van der Waals surface area contributed by atoms with Gasteiger partial charge >= 0.3 is 6.03 Å². The van der Waals surface area contributed by atoms with Gasteiger partial charge in [0.15, 0.2) is 5.78 Å². The smallest absolute Gasteiger partial charge is 0.319 e. The zero-order valence-electron chi connectivity index (χ0n) is 19.9. The van der Waals surface area contributed by atoms with Crippen molar-refractivity contribution in [3.63, 3.8) is 0 Å². The zero-order valence-corrected chi connectivity index (χ0v) is 19.9. The van der Waals surface area contributed by atoms with E-state index in [1.54, 1.807) is 0 Å². The lowest BCUT2D eigenvalue weighted by atomic mass is 9.90. The lowest BCUT2D eigenvalue weighted by Gasteiger charge is -2.13. The van der Waals surface area contributed by atoms with Crippen molar-refractivity contribution < 1.29 is 9.59 Å². The van der Waals surface area contributed by atoms with E-state index in [1.165, 1.54) is 5.57 Å². The Hall–Kier alpha value is -3.14. The first kappa shape index (κ1) is 25.1. The number of carbonyl (C=O) groups is 2. The predicted molar refractivity (Wildman–Crippen MR) is 135 cm³/mol. The van der Waals surface area contributed by atoms with Crippen LogP contribution in [0.3, 0.4) is 0 Å². The summed E-state index contributed by atoms with van der Waals surface area (Å²) in [5.41, 5.74) is 4.79. The van der Waals surface area contributed by atoms with Crippen molar-refractivity contribution in [2.24, 2.45) is 5.92 Å². The molecule has 2 rings (SSSR count). The Labute approximate surface area is 192 Å². The Morgan fingerprint density at radius 1 is 0.938 bits per heavy atom. The number of Topliss-reactive ketones (excluding diaryl/α,β-unsaturated/α-hetero) is 1. The van der Waals surface area contributed by atoms with Gasteiger partial charge in [0, 0.05) is 23.2 Å². The molecule has 0 bridgehead atoms. The number of allylic oxidation sites excluding steroid dienone is 3. The highest BCUT2D eigenvalue weighted by Crippen LogP contribution is 2.24. The van der Waals surface area contributed by atoms with E-state index in [1.807, 2.05) is 87.5 Å². The molecule has 0 aliphatic rings. The van der Waals surface area contributed by atoms with Crippen molar-refractivity contribution >= 4 is 17.5 Å². The van der Waals surface area contributed by atoms with Gasteiger partial charge in [-0.2, -0.15) is 0 Å². The van der Waals surface area contributed by atoms with Gasteiger partial charge in [-0.15, -0.1) is 0 Å². The number of amides is 2. The molecule has 0 aliphatic carbocycles. The summed E-state index contributed by atoms with van der Waals surface area (Å²) < 4.78 is 0. The van der Waals surface area contributed by atoms with E-state index >= 15 is 0 Å². The normalized spacial score (nSPS) is 12.8. The molecule has 2 aromatic rings. The van der Waals surface area contributed by atoms with Crippen molar-refractivity contribution in [1.82, 2.24) is 5.32 Å². The highest BCUT2D eigenvalue weighted by Gasteiger charge is 2.17. The summed E-state index contributed by atoms with van der Waals surface area (Å²) in [6.45, 7) is 10.2. The number of hydrogen-bond acceptors (Lipinski definition) is 2. The van der Waals surface area contributed by atoms with Crippen LogP contribution in [0, 0.1) is 5.92 Å². The highest BCUT2D eigenvalue weighted by molar-refractivity contribution is 5.98. The summed E-state index contributed by atoms with van der Waals surface area (Å²) in [5, 5.41) is 5.75. The van der Waals surface area contributed by atoms with Crippen molar-refractivity contribution in [2.45, 2.75) is 59.9 Å². The van der Waals surface area contributed by atoms with E-state index in [4.69, 9.17) is 0 Å². The van der Waals surface area contributed by atoms with Crippen LogP contribution in [-0.4, -0.2) is 17.9 Å². The van der Waals surface area contributed by atoms with Crippen molar-refractivity contribution in [3.8, 4) is 11.1 Å². The molecule has 2 atom stereocenters. The third-order valence-corrected chi connectivity index (χ3v) is 5.33. The molecule has 0 fully saturated rings. The molecule has 0 spiro atoms. The predicted octanol–water partition coefficient (Wildman–Crippen LogP) is 7.40. The van der Waals surface area contributed by atoms with Gasteiger partial charge in [0.25, 0.3) is 0 Å². The van der Waals surface area contributed by atoms with Crippen LogP contribution in [0.2, 0.25) is 0 Å². The molecule has 4 nitrogen and oxygen atoms in total. The SMILES string of the molecule is CCCC(CC)C(=O)c1ccc(-c2ccc(NC(=O)NC(C)/C=C\C=C(C)C)cc2)cc1. The first-order valence-electron chi connectivity index (χ1n) is 11.5. The second-order valence-electron chi connectivity index (χ2n) is 8.43. The van der Waals surface area contributed by atoms with E-state index in [9.17, 15) is 9.59 Å². The molecule has 4 heteroatoms. The molecule has 0 radical (unpaired) electrons. The van der Waals surface area contributed by atoms with Crippen molar-refractivity contribution in [2.75, 3.05) is 5.32 Å². The van der Waals surface area contributed by atoms with Gasteiger partial charge in [-0.05, 0) is 56.9 Å². The molecule has 2 unspecified atom stereocenters. The standard InChI is InChI=1S/C28H36N2O2/c1-6-9-22(7-2)27(31)25-14-12-23(13-15-25)24-16-18-26(19-17-24)30-28(32)29-21(5)11-8-10-20(3)4/h8,10-19,21-22H,6-7,9H2,1-5H3,(H2,29,30,32)/b11-8-. The van der Waals surface area contributed by atoms with Gasteiger partial charge in [-0.25, -0.2) is 4.79 Å². The number of nitrogens with one attached hydrogen (secondary N) is 2. The lowest BCUT2D eigenvalue weighted by molar-refractivity contribution is 0.0909. The van der Waals surface area contributed by atoms with E-state index in [-0.39, 0.29) is 23.8 Å². The van der Waals surface area contributed by atoms with Crippen molar-refractivity contribution in [3.05, 3.63) is 77.9 Å². The monoisotopic (exact) mass is 432 g/mol. The summed E-state index contributed by atoms with van der Waals surface area (Å²) in [5.74, 6) is 0.337. The molecule has 0 saturated carbocycles. The molecule has 0 aliphatic heterocycles. The first-order valence-corrected chi connectivity index (χ1v) is 11.5. The van der Waals surface area contributed by atoms with Crippen LogP contribution in [0.15, 0.2) is 72.3 Å². The Kier molecular flexibility index (Phi) is 9.93. The van der Waals surface area contributed by atoms with Crippen LogP contribution in [0.25, 0.3) is 11.1 Å². The Morgan fingerprint density at radius 3 is 2.06 bits per heavy atom. The number of anilines is 1. The molecule has 2 N–H and O–H groups in total. The maximum Gasteiger partial charge on any atom is 0.319 e. The Balaban J connectivity index is 1.97. The quantitative estimate of drug-likeness (QED) is 0.304. The van der Waals surface area contributed by atoms with Gasteiger partial charge in [-0.1, -0.05) is 80.5 Å². The average molecular weight is 433 g/mol. The number of ketones is 1. The van der Waals surface area contributed by atoms with Crippen molar-refractivity contribution in [1.29, 1.82) is 0 Å². The molecule has 32 heavy (non-hydrogen) atoms. The van der Waals surface area contributed by atoms with Gasteiger partial charge in [0.1, 0.15) is 0 Å². The molecular weight excluding hydrogens is 396 g/mol. The number of hydrogen-bond donors (Lipinski definition) is 2. The minimum absolute atomic E-state index is 0.0734. The zero-order chi connectivity index (χ0) is 23.5. The van der Waals surface area contributed by atoms with Gasteiger partial charge in [0.05, 0.1) is 0 Å². The van der Waals surface area contributed by atoms with Crippen LogP contribution in [0.5, 0.6) is 0 Å².